The molecule has 0 radical (unpaired) electrons. The number of fused-ring (bicyclic) bond motifs is 1. The minimum atomic E-state index is -1.10. The second kappa shape index (κ2) is 5.45. The van der Waals surface area contributed by atoms with Gasteiger partial charge in [0.1, 0.15) is 0 Å². The number of rotatable bonds is 3. The van der Waals surface area contributed by atoms with Crippen LogP contribution in [-0.4, -0.2) is 22.0 Å². The van der Waals surface area contributed by atoms with E-state index >= 15 is 0 Å². The van der Waals surface area contributed by atoms with Crippen molar-refractivity contribution in [3.05, 3.63) is 53.6 Å². The summed E-state index contributed by atoms with van der Waals surface area (Å²) in [7, 11) is 0. The van der Waals surface area contributed by atoms with Gasteiger partial charge in [0.15, 0.2) is 5.13 Å². The number of carboxylic acids is 1. The van der Waals surface area contributed by atoms with E-state index in [1.54, 1.807) is 36.4 Å². The van der Waals surface area contributed by atoms with Gasteiger partial charge < -0.3 is 16.2 Å². The van der Waals surface area contributed by atoms with Gasteiger partial charge in [-0.05, 0) is 30.3 Å². The average Bonchev–Trinajstić information content (AvgIpc) is 2.86. The van der Waals surface area contributed by atoms with Crippen LogP contribution in [0.2, 0.25) is 0 Å². The van der Waals surface area contributed by atoms with Gasteiger partial charge in [-0.25, -0.2) is 9.78 Å². The predicted octanol–water partition coefficient (Wildman–Crippen LogP) is 2.83. The number of benzene rings is 2. The molecule has 0 spiro atoms. The molecule has 0 aliphatic carbocycles. The van der Waals surface area contributed by atoms with E-state index in [9.17, 15) is 9.59 Å². The van der Waals surface area contributed by atoms with Gasteiger partial charge in [-0.3, -0.25) is 4.79 Å². The molecule has 0 aliphatic rings. The fourth-order valence-electron chi connectivity index (χ4n) is 2.06. The van der Waals surface area contributed by atoms with Crippen molar-refractivity contribution in [1.82, 2.24) is 4.98 Å². The topological polar surface area (TPSA) is 105 Å². The number of carboxylic acid groups (broad SMARTS) is 1. The van der Waals surface area contributed by atoms with Gasteiger partial charge in [-0.1, -0.05) is 23.5 Å². The molecule has 22 heavy (non-hydrogen) atoms. The summed E-state index contributed by atoms with van der Waals surface area (Å²) in [6.07, 6.45) is 0. The first-order chi connectivity index (χ1) is 10.5. The molecule has 6 nitrogen and oxygen atoms in total. The Kier molecular flexibility index (Phi) is 3.48. The van der Waals surface area contributed by atoms with E-state index in [4.69, 9.17) is 10.8 Å². The number of carbonyl (C=O) groups is 2. The normalized spacial score (nSPS) is 10.5. The molecule has 1 amide bonds. The van der Waals surface area contributed by atoms with E-state index in [-0.39, 0.29) is 17.2 Å². The number of aromatic carboxylic acids is 1. The summed E-state index contributed by atoms with van der Waals surface area (Å²) < 4.78 is 0.802. The predicted molar refractivity (Wildman–Crippen MR) is 85.4 cm³/mol. The lowest BCUT2D eigenvalue weighted by Gasteiger charge is -2.08. The summed E-state index contributed by atoms with van der Waals surface area (Å²) >= 11 is 1.29. The Hall–Kier alpha value is -2.93. The van der Waals surface area contributed by atoms with Crippen molar-refractivity contribution in [2.75, 3.05) is 11.1 Å². The van der Waals surface area contributed by atoms with Crippen molar-refractivity contribution >= 4 is 44.2 Å². The highest BCUT2D eigenvalue weighted by Crippen LogP contribution is 2.25. The fraction of sp³-hybridized carbons (Fsp3) is 0. The Morgan fingerprint density at radius 3 is 2.73 bits per heavy atom. The average molecular weight is 313 g/mol. The van der Waals surface area contributed by atoms with Gasteiger partial charge in [-0.2, -0.15) is 0 Å². The molecule has 0 atom stereocenters. The van der Waals surface area contributed by atoms with Crippen LogP contribution in [0.1, 0.15) is 20.7 Å². The van der Waals surface area contributed by atoms with Crippen LogP contribution in [0.5, 0.6) is 0 Å². The molecule has 1 aromatic heterocycles. The summed E-state index contributed by atoms with van der Waals surface area (Å²) in [6, 6.07) is 11.3. The Morgan fingerprint density at radius 2 is 1.95 bits per heavy atom. The second-order valence-corrected chi connectivity index (χ2v) is 5.60. The first-order valence-corrected chi connectivity index (χ1v) is 7.16. The van der Waals surface area contributed by atoms with E-state index in [1.165, 1.54) is 17.4 Å². The van der Waals surface area contributed by atoms with E-state index < -0.39 is 5.97 Å². The van der Waals surface area contributed by atoms with Crippen molar-refractivity contribution < 1.29 is 14.7 Å². The summed E-state index contributed by atoms with van der Waals surface area (Å²) in [5.41, 5.74) is 7.07. The molecule has 4 N–H and O–H groups in total. The van der Waals surface area contributed by atoms with E-state index in [1.807, 2.05) is 0 Å². The summed E-state index contributed by atoms with van der Waals surface area (Å²) in [4.78, 5) is 27.6. The van der Waals surface area contributed by atoms with Crippen molar-refractivity contribution in [2.24, 2.45) is 0 Å². The number of nitrogens with two attached hydrogens (primary N) is 1. The number of hydrogen-bond acceptors (Lipinski definition) is 5. The van der Waals surface area contributed by atoms with Crippen LogP contribution >= 0.6 is 11.3 Å². The van der Waals surface area contributed by atoms with Crippen molar-refractivity contribution in [3.8, 4) is 0 Å². The lowest BCUT2D eigenvalue weighted by atomic mass is 10.1. The van der Waals surface area contributed by atoms with E-state index in [0.717, 1.165) is 10.2 Å². The van der Waals surface area contributed by atoms with E-state index in [0.29, 0.717) is 10.7 Å². The SMILES string of the molecule is Nc1nc2ccc(C(=O)Nc3ccccc3C(=O)O)cc2s1. The molecule has 0 bridgehead atoms. The molecule has 2 aromatic carbocycles. The van der Waals surface area contributed by atoms with Gasteiger partial charge in [0.2, 0.25) is 0 Å². The molecule has 0 saturated carbocycles. The Morgan fingerprint density at radius 1 is 1.18 bits per heavy atom. The number of nitrogens with zero attached hydrogens (tertiary/aromatic N) is 1. The van der Waals surface area contributed by atoms with Crippen LogP contribution in [-0.2, 0) is 0 Å². The third-order valence-corrected chi connectivity index (χ3v) is 3.92. The fourth-order valence-corrected chi connectivity index (χ4v) is 2.83. The lowest BCUT2D eigenvalue weighted by Crippen LogP contribution is -2.14. The van der Waals surface area contributed by atoms with E-state index in [2.05, 4.69) is 10.3 Å². The Balaban J connectivity index is 1.91. The minimum Gasteiger partial charge on any atom is -0.478 e. The van der Waals surface area contributed by atoms with Crippen LogP contribution in [0.3, 0.4) is 0 Å². The first-order valence-electron chi connectivity index (χ1n) is 6.34. The maximum absolute atomic E-state index is 12.3. The van der Waals surface area contributed by atoms with Crippen molar-refractivity contribution in [3.63, 3.8) is 0 Å². The quantitative estimate of drug-likeness (QED) is 0.689. The number of carbonyl (C=O) groups excluding carboxylic acids is 1. The van der Waals surface area contributed by atoms with Crippen molar-refractivity contribution in [2.45, 2.75) is 0 Å². The van der Waals surface area contributed by atoms with Gasteiger partial charge in [0.25, 0.3) is 5.91 Å². The zero-order valence-electron chi connectivity index (χ0n) is 11.2. The smallest absolute Gasteiger partial charge is 0.337 e. The van der Waals surface area contributed by atoms with Gasteiger partial charge in [0, 0.05) is 5.56 Å². The Labute approximate surface area is 129 Å². The molecule has 0 fully saturated rings. The number of hydrogen-bond donors (Lipinski definition) is 3. The number of para-hydroxylation sites is 1. The van der Waals surface area contributed by atoms with Crippen LogP contribution in [0.15, 0.2) is 42.5 Å². The Bertz CT molecular complexity index is 889. The molecule has 0 saturated heterocycles. The number of aromatic nitrogens is 1. The summed E-state index contributed by atoms with van der Waals surface area (Å²) in [5.74, 6) is -1.48. The molecule has 7 heteroatoms. The second-order valence-electron chi connectivity index (χ2n) is 4.54. The molecule has 0 unspecified atom stereocenters. The van der Waals surface area contributed by atoms with Gasteiger partial charge >= 0.3 is 5.97 Å². The largest absolute Gasteiger partial charge is 0.478 e. The number of nitrogens with one attached hydrogen (secondary N) is 1. The molecule has 3 aromatic rings. The van der Waals surface area contributed by atoms with Crippen molar-refractivity contribution in [1.29, 1.82) is 0 Å². The number of nitrogen functional groups attached to an aromatic ring is 1. The maximum atomic E-state index is 12.3. The molecule has 3 rings (SSSR count). The summed E-state index contributed by atoms with van der Waals surface area (Å²) in [6.45, 7) is 0. The minimum absolute atomic E-state index is 0.0407. The van der Waals surface area contributed by atoms with Crippen LogP contribution < -0.4 is 11.1 Å². The maximum Gasteiger partial charge on any atom is 0.337 e. The third-order valence-electron chi connectivity index (χ3n) is 3.07. The zero-order valence-corrected chi connectivity index (χ0v) is 12.1. The number of amides is 1. The molecular formula is C15H11N3O3S. The molecule has 1 heterocycles. The standard InChI is InChI=1S/C15H11N3O3S/c16-15-18-11-6-5-8(7-12(11)22-15)13(19)17-10-4-2-1-3-9(10)14(20)21/h1-7H,(H2,16,18)(H,17,19)(H,20,21). The lowest BCUT2D eigenvalue weighted by molar-refractivity contribution is 0.0698. The summed E-state index contributed by atoms with van der Waals surface area (Å²) in [5, 5.41) is 12.2. The molecule has 0 aliphatic heterocycles. The highest BCUT2D eigenvalue weighted by Gasteiger charge is 2.14. The first kappa shape index (κ1) is 14.0. The van der Waals surface area contributed by atoms with Gasteiger partial charge in [0.05, 0.1) is 21.5 Å². The van der Waals surface area contributed by atoms with Crippen LogP contribution in [0.25, 0.3) is 10.2 Å². The monoisotopic (exact) mass is 313 g/mol. The van der Waals surface area contributed by atoms with Crippen LogP contribution in [0, 0.1) is 0 Å². The highest BCUT2D eigenvalue weighted by atomic mass is 32.1. The third kappa shape index (κ3) is 2.61. The number of anilines is 2. The van der Waals surface area contributed by atoms with Gasteiger partial charge in [-0.15, -0.1) is 0 Å². The highest BCUT2D eigenvalue weighted by molar-refractivity contribution is 7.22. The molecular weight excluding hydrogens is 302 g/mol. The van der Waals surface area contributed by atoms with Crippen LogP contribution in [0.4, 0.5) is 10.8 Å². The number of thiazole rings is 1. The zero-order chi connectivity index (χ0) is 15.7. The molecule has 110 valence electrons.